The lowest BCUT2D eigenvalue weighted by Crippen LogP contribution is -2.34. The molecule has 0 heterocycles. The van der Waals surface area contributed by atoms with E-state index in [1.54, 1.807) is 6.92 Å². The first kappa shape index (κ1) is 10.7. The van der Waals surface area contributed by atoms with Gasteiger partial charge in [0.1, 0.15) is 0 Å². The van der Waals surface area contributed by atoms with E-state index in [-0.39, 0.29) is 0 Å². The average Bonchev–Trinajstić information content (AvgIpc) is 1.99. The summed E-state index contributed by atoms with van der Waals surface area (Å²) >= 11 is 0. The summed E-state index contributed by atoms with van der Waals surface area (Å²) < 4.78 is 0. The molecule has 0 atom stereocenters. The molecule has 0 bridgehead atoms. The van der Waals surface area contributed by atoms with Crippen molar-refractivity contribution in [2.24, 2.45) is 5.41 Å². The molecule has 0 rings (SSSR count). The Morgan fingerprint density at radius 2 is 1.75 bits per heavy atom. The molecule has 0 aromatic heterocycles. The normalized spacial score (nSPS) is 11.8. The van der Waals surface area contributed by atoms with E-state index in [1.165, 1.54) is 12.2 Å². The van der Waals surface area contributed by atoms with Gasteiger partial charge in [-0.25, -0.2) is 0 Å². The van der Waals surface area contributed by atoms with Crippen LogP contribution in [0.25, 0.3) is 0 Å². The smallest absolute Gasteiger partial charge is 0.324 e. The molecule has 4 nitrogen and oxygen atoms in total. The van der Waals surface area contributed by atoms with E-state index in [0.717, 1.165) is 6.92 Å². The molecule has 0 spiro atoms. The highest BCUT2D eigenvalue weighted by Crippen LogP contribution is 2.19. The molecule has 0 aromatic carbocycles. The Morgan fingerprint density at radius 3 is 2.00 bits per heavy atom. The van der Waals surface area contributed by atoms with E-state index in [0.29, 0.717) is 6.42 Å². The standard InChI is InChI=1S/C8H12O4/c1-3-4-5-8(2,6(9)10)7(11)12/h4-5H,3H2,1-2H3,(H,9,10)(H,11,12). The SMILES string of the molecule is CCC=CC(C)(C(=O)O)C(=O)O. The second kappa shape index (κ2) is 3.90. The van der Waals surface area contributed by atoms with Gasteiger partial charge in [-0.3, -0.25) is 9.59 Å². The van der Waals surface area contributed by atoms with Crippen molar-refractivity contribution in [1.29, 1.82) is 0 Å². The van der Waals surface area contributed by atoms with E-state index in [9.17, 15) is 9.59 Å². The zero-order valence-electron chi connectivity index (χ0n) is 7.07. The summed E-state index contributed by atoms with van der Waals surface area (Å²) in [5.41, 5.74) is -1.80. The minimum atomic E-state index is -1.80. The van der Waals surface area contributed by atoms with E-state index in [4.69, 9.17) is 10.2 Å². The Labute approximate surface area is 70.5 Å². The van der Waals surface area contributed by atoms with E-state index < -0.39 is 17.4 Å². The first-order valence-corrected chi connectivity index (χ1v) is 3.59. The molecule has 12 heavy (non-hydrogen) atoms. The van der Waals surface area contributed by atoms with Crippen LogP contribution in [0.2, 0.25) is 0 Å². The van der Waals surface area contributed by atoms with Gasteiger partial charge in [-0.1, -0.05) is 19.1 Å². The second-order valence-electron chi connectivity index (χ2n) is 2.62. The van der Waals surface area contributed by atoms with Crippen LogP contribution in [0, 0.1) is 5.41 Å². The Balaban J connectivity index is 4.75. The number of carboxylic acids is 2. The molecule has 0 radical (unpaired) electrons. The van der Waals surface area contributed by atoms with Gasteiger partial charge in [0.2, 0.25) is 0 Å². The highest BCUT2D eigenvalue weighted by Gasteiger charge is 2.38. The molecule has 0 saturated heterocycles. The van der Waals surface area contributed by atoms with Gasteiger partial charge in [0, 0.05) is 0 Å². The van der Waals surface area contributed by atoms with E-state index >= 15 is 0 Å². The van der Waals surface area contributed by atoms with Crippen LogP contribution in [0.4, 0.5) is 0 Å². The van der Waals surface area contributed by atoms with Crippen LogP contribution >= 0.6 is 0 Å². The highest BCUT2D eigenvalue weighted by atomic mass is 16.4. The first-order chi connectivity index (χ1) is 5.45. The van der Waals surface area contributed by atoms with Crippen LogP contribution in [0.1, 0.15) is 20.3 Å². The number of hydrogen-bond donors (Lipinski definition) is 2. The zero-order chi connectivity index (χ0) is 9.78. The average molecular weight is 172 g/mol. The molecular formula is C8H12O4. The van der Waals surface area contributed by atoms with Gasteiger partial charge in [-0.2, -0.15) is 0 Å². The maximum atomic E-state index is 10.5. The number of carboxylic acid groups (broad SMARTS) is 2. The topological polar surface area (TPSA) is 74.6 Å². The number of aliphatic carboxylic acids is 2. The lowest BCUT2D eigenvalue weighted by atomic mass is 9.90. The van der Waals surface area contributed by atoms with Crippen LogP contribution in [-0.2, 0) is 9.59 Å². The number of hydrogen-bond acceptors (Lipinski definition) is 2. The molecule has 0 amide bonds. The Morgan fingerprint density at radius 1 is 1.33 bits per heavy atom. The maximum Gasteiger partial charge on any atom is 0.324 e. The molecular weight excluding hydrogens is 160 g/mol. The monoisotopic (exact) mass is 172 g/mol. The summed E-state index contributed by atoms with van der Waals surface area (Å²) in [5.74, 6) is -2.69. The summed E-state index contributed by atoms with van der Waals surface area (Å²) in [6.45, 7) is 2.96. The summed E-state index contributed by atoms with van der Waals surface area (Å²) in [4.78, 5) is 21.1. The summed E-state index contributed by atoms with van der Waals surface area (Å²) in [6, 6.07) is 0. The maximum absolute atomic E-state index is 10.5. The Bertz CT molecular complexity index is 203. The van der Waals surface area contributed by atoms with Crippen molar-refractivity contribution in [2.75, 3.05) is 0 Å². The van der Waals surface area contributed by atoms with Crippen LogP contribution < -0.4 is 0 Å². The van der Waals surface area contributed by atoms with Crippen molar-refractivity contribution in [3.8, 4) is 0 Å². The molecule has 0 unspecified atom stereocenters. The largest absolute Gasteiger partial charge is 0.480 e. The Kier molecular flexibility index (Phi) is 3.47. The minimum absolute atomic E-state index is 0.621. The predicted octanol–water partition coefficient (Wildman–Crippen LogP) is 1.13. The third-order valence-electron chi connectivity index (χ3n) is 1.58. The predicted molar refractivity (Wildman–Crippen MR) is 42.8 cm³/mol. The van der Waals surface area contributed by atoms with Crippen molar-refractivity contribution in [3.05, 3.63) is 12.2 Å². The van der Waals surface area contributed by atoms with Crippen molar-refractivity contribution in [2.45, 2.75) is 20.3 Å². The Hall–Kier alpha value is -1.32. The van der Waals surface area contributed by atoms with Crippen molar-refractivity contribution in [1.82, 2.24) is 0 Å². The molecule has 4 heteroatoms. The van der Waals surface area contributed by atoms with Gasteiger partial charge in [-0.15, -0.1) is 0 Å². The third kappa shape index (κ3) is 2.08. The molecule has 0 aliphatic rings. The quantitative estimate of drug-likeness (QED) is 0.492. The van der Waals surface area contributed by atoms with Gasteiger partial charge in [0.25, 0.3) is 0 Å². The van der Waals surface area contributed by atoms with Crippen LogP contribution in [0.3, 0.4) is 0 Å². The summed E-state index contributed by atoms with van der Waals surface area (Å²) in [7, 11) is 0. The summed E-state index contributed by atoms with van der Waals surface area (Å²) in [6.07, 6.45) is 3.34. The number of rotatable bonds is 4. The van der Waals surface area contributed by atoms with Gasteiger partial charge < -0.3 is 10.2 Å². The molecule has 0 aromatic rings. The fourth-order valence-corrected chi connectivity index (χ4v) is 0.588. The van der Waals surface area contributed by atoms with Crippen molar-refractivity contribution in [3.63, 3.8) is 0 Å². The molecule has 2 N–H and O–H groups in total. The highest BCUT2D eigenvalue weighted by molar-refractivity contribution is 5.99. The molecule has 0 fully saturated rings. The van der Waals surface area contributed by atoms with E-state index in [1.807, 2.05) is 0 Å². The van der Waals surface area contributed by atoms with Gasteiger partial charge in [0.15, 0.2) is 5.41 Å². The summed E-state index contributed by atoms with van der Waals surface area (Å²) in [5, 5.41) is 17.2. The van der Waals surface area contributed by atoms with Crippen LogP contribution in [0.5, 0.6) is 0 Å². The molecule has 0 aliphatic heterocycles. The van der Waals surface area contributed by atoms with Crippen LogP contribution in [0.15, 0.2) is 12.2 Å². The third-order valence-corrected chi connectivity index (χ3v) is 1.58. The number of carbonyl (C=O) groups is 2. The van der Waals surface area contributed by atoms with Crippen LogP contribution in [-0.4, -0.2) is 22.2 Å². The minimum Gasteiger partial charge on any atom is -0.480 e. The van der Waals surface area contributed by atoms with Crippen molar-refractivity contribution >= 4 is 11.9 Å². The number of allylic oxidation sites excluding steroid dienone is 1. The molecule has 68 valence electrons. The van der Waals surface area contributed by atoms with Gasteiger partial charge >= 0.3 is 11.9 Å². The van der Waals surface area contributed by atoms with Crippen molar-refractivity contribution < 1.29 is 19.8 Å². The first-order valence-electron chi connectivity index (χ1n) is 3.59. The second-order valence-corrected chi connectivity index (χ2v) is 2.62. The lowest BCUT2D eigenvalue weighted by Gasteiger charge is -2.13. The lowest BCUT2D eigenvalue weighted by molar-refractivity contribution is -0.159. The van der Waals surface area contributed by atoms with Gasteiger partial charge in [0.05, 0.1) is 0 Å². The fourth-order valence-electron chi connectivity index (χ4n) is 0.588. The zero-order valence-corrected chi connectivity index (χ0v) is 7.07. The van der Waals surface area contributed by atoms with Gasteiger partial charge in [-0.05, 0) is 13.3 Å². The molecule has 0 saturated carbocycles. The molecule has 0 aliphatic carbocycles. The fraction of sp³-hybridized carbons (Fsp3) is 0.500. The van der Waals surface area contributed by atoms with E-state index in [2.05, 4.69) is 0 Å².